The summed E-state index contributed by atoms with van der Waals surface area (Å²) in [4.78, 5) is 14.0. The number of ether oxygens (including phenoxy) is 1. The number of nitrogens with zero attached hydrogens (tertiary/aromatic N) is 1. The van der Waals surface area contributed by atoms with E-state index in [4.69, 9.17) is 4.74 Å². The highest BCUT2D eigenvalue weighted by Crippen LogP contribution is 2.33. The average molecular weight is 423 g/mol. The Kier molecular flexibility index (Phi) is 6.04. The monoisotopic (exact) mass is 422 g/mol. The minimum Gasteiger partial charge on any atom is -0.444 e. The van der Waals surface area contributed by atoms with Gasteiger partial charge in [0.25, 0.3) is 0 Å². The number of nitrogens with one attached hydrogen (secondary N) is 1. The third-order valence-electron chi connectivity index (χ3n) is 3.81. The van der Waals surface area contributed by atoms with Gasteiger partial charge < -0.3 is 15.0 Å². The van der Waals surface area contributed by atoms with E-state index in [-0.39, 0.29) is 6.04 Å². The third-order valence-corrected chi connectivity index (χ3v) is 4.55. The molecule has 140 valence electrons. The lowest BCUT2D eigenvalue weighted by atomic mass is 10.0. The lowest BCUT2D eigenvalue weighted by Gasteiger charge is -2.37. The van der Waals surface area contributed by atoms with E-state index in [1.54, 1.807) is 25.7 Å². The minimum absolute atomic E-state index is 0.184. The first-order valence-corrected chi connectivity index (χ1v) is 8.82. The molecule has 0 saturated carbocycles. The van der Waals surface area contributed by atoms with Gasteiger partial charge in [-0.15, -0.1) is 0 Å². The topological polar surface area (TPSA) is 41.6 Å². The molecule has 25 heavy (non-hydrogen) atoms. The molecule has 1 aliphatic heterocycles. The molecule has 1 heterocycles. The zero-order valence-corrected chi connectivity index (χ0v) is 16.0. The fourth-order valence-corrected chi connectivity index (χ4v) is 3.19. The van der Waals surface area contributed by atoms with Crippen LogP contribution in [0.3, 0.4) is 0 Å². The van der Waals surface area contributed by atoms with Crippen molar-refractivity contribution >= 4 is 22.0 Å². The lowest BCUT2D eigenvalue weighted by molar-refractivity contribution is -0.137. The summed E-state index contributed by atoms with van der Waals surface area (Å²) >= 11 is 3.22. The quantitative estimate of drug-likeness (QED) is 0.775. The summed E-state index contributed by atoms with van der Waals surface area (Å²) in [6, 6.07) is 3.41. The Morgan fingerprint density at radius 1 is 1.36 bits per heavy atom. The van der Waals surface area contributed by atoms with Crippen LogP contribution in [0, 0.1) is 0 Å². The van der Waals surface area contributed by atoms with Gasteiger partial charge in [-0.2, -0.15) is 13.2 Å². The van der Waals surface area contributed by atoms with Crippen molar-refractivity contribution in [3.63, 3.8) is 0 Å². The van der Waals surface area contributed by atoms with Crippen LogP contribution in [0.25, 0.3) is 0 Å². The second kappa shape index (κ2) is 7.53. The normalized spacial score (nSPS) is 19.0. The van der Waals surface area contributed by atoms with Crippen LogP contribution in [-0.4, -0.2) is 42.3 Å². The van der Waals surface area contributed by atoms with E-state index >= 15 is 0 Å². The van der Waals surface area contributed by atoms with E-state index in [2.05, 4.69) is 21.2 Å². The van der Waals surface area contributed by atoms with E-state index in [1.165, 1.54) is 6.07 Å². The van der Waals surface area contributed by atoms with Crippen LogP contribution in [-0.2, 0) is 17.3 Å². The Morgan fingerprint density at radius 3 is 2.60 bits per heavy atom. The molecule has 8 heteroatoms. The molecule has 1 aromatic rings. The second-order valence-corrected chi connectivity index (χ2v) is 7.89. The number of carbonyl (C=O) groups is 1. The molecule has 0 spiro atoms. The Labute approximate surface area is 153 Å². The van der Waals surface area contributed by atoms with Crippen molar-refractivity contribution in [1.82, 2.24) is 10.2 Å². The van der Waals surface area contributed by atoms with Crippen LogP contribution < -0.4 is 5.32 Å². The molecule has 0 aromatic heterocycles. The number of rotatable bonds is 2. The van der Waals surface area contributed by atoms with Gasteiger partial charge in [-0.1, -0.05) is 22.0 Å². The number of alkyl halides is 3. The second-order valence-electron chi connectivity index (χ2n) is 7.04. The van der Waals surface area contributed by atoms with Gasteiger partial charge >= 0.3 is 12.3 Å². The molecular weight excluding hydrogens is 401 g/mol. The maximum absolute atomic E-state index is 12.8. The van der Waals surface area contributed by atoms with Crippen molar-refractivity contribution in [3.8, 4) is 0 Å². The van der Waals surface area contributed by atoms with Crippen LogP contribution >= 0.6 is 15.9 Å². The van der Waals surface area contributed by atoms with Gasteiger partial charge in [0.2, 0.25) is 0 Å². The molecule has 0 radical (unpaired) electrons. The van der Waals surface area contributed by atoms with Crippen molar-refractivity contribution in [1.29, 1.82) is 0 Å². The van der Waals surface area contributed by atoms with E-state index in [1.807, 2.05) is 0 Å². The molecule has 1 unspecified atom stereocenters. The maximum atomic E-state index is 12.8. The van der Waals surface area contributed by atoms with Crippen LogP contribution in [0.4, 0.5) is 18.0 Å². The van der Waals surface area contributed by atoms with Crippen molar-refractivity contribution in [3.05, 3.63) is 33.8 Å². The van der Waals surface area contributed by atoms with E-state index in [0.29, 0.717) is 30.5 Å². The minimum atomic E-state index is -4.38. The smallest absolute Gasteiger partial charge is 0.416 e. The lowest BCUT2D eigenvalue weighted by Crippen LogP contribution is -2.55. The van der Waals surface area contributed by atoms with E-state index in [9.17, 15) is 18.0 Å². The average Bonchev–Trinajstić information content (AvgIpc) is 2.47. The fourth-order valence-electron chi connectivity index (χ4n) is 2.65. The van der Waals surface area contributed by atoms with Gasteiger partial charge in [-0.05, 0) is 44.9 Å². The summed E-state index contributed by atoms with van der Waals surface area (Å²) in [7, 11) is 0. The summed E-state index contributed by atoms with van der Waals surface area (Å²) < 4.78 is 44.2. The molecule has 4 nitrogen and oxygen atoms in total. The number of amides is 1. The number of hydrogen-bond donors (Lipinski definition) is 1. The first-order valence-electron chi connectivity index (χ1n) is 8.03. The predicted molar refractivity (Wildman–Crippen MR) is 92.4 cm³/mol. The van der Waals surface area contributed by atoms with Gasteiger partial charge in [0, 0.05) is 24.1 Å². The highest BCUT2D eigenvalue weighted by atomic mass is 79.9. The van der Waals surface area contributed by atoms with Crippen LogP contribution in [0.2, 0.25) is 0 Å². The van der Waals surface area contributed by atoms with Gasteiger partial charge in [0.15, 0.2) is 0 Å². The molecule has 1 amide bonds. The summed E-state index contributed by atoms with van der Waals surface area (Å²) in [6.45, 7) is 7.12. The molecule has 1 aromatic carbocycles. The molecular formula is C17H22BrF3N2O2. The molecule has 1 aliphatic rings. The Balaban J connectivity index is 2.15. The van der Waals surface area contributed by atoms with E-state index in [0.717, 1.165) is 17.7 Å². The van der Waals surface area contributed by atoms with Crippen LogP contribution in [0.15, 0.2) is 22.7 Å². The van der Waals surface area contributed by atoms with Crippen molar-refractivity contribution in [2.45, 2.75) is 45.0 Å². The summed E-state index contributed by atoms with van der Waals surface area (Å²) in [6.07, 6.45) is -4.34. The highest BCUT2D eigenvalue weighted by Gasteiger charge is 2.33. The third kappa shape index (κ3) is 5.60. The fraction of sp³-hybridized carbons (Fsp3) is 0.588. The van der Waals surface area contributed by atoms with Gasteiger partial charge in [-0.3, -0.25) is 0 Å². The summed E-state index contributed by atoms with van der Waals surface area (Å²) in [5.74, 6) is 0. The van der Waals surface area contributed by atoms with Crippen LogP contribution in [0.5, 0.6) is 0 Å². The molecule has 1 atom stereocenters. The number of piperazine rings is 1. The molecule has 1 saturated heterocycles. The zero-order valence-electron chi connectivity index (χ0n) is 14.4. The van der Waals surface area contributed by atoms with Gasteiger partial charge in [0.1, 0.15) is 5.60 Å². The summed E-state index contributed by atoms with van der Waals surface area (Å²) in [5.41, 5.74) is -0.578. The SMILES string of the molecule is CC(C)(C)OC(=O)N1CCNCC1Cc1ccc(C(F)(F)F)cc1Br. The standard InChI is InChI=1S/C17H22BrF3N2O2/c1-16(2,3)25-15(24)23-7-6-22-10-13(23)8-11-4-5-12(9-14(11)18)17(19,20)21/h4-5,9,13,22H,6-8,10H2,1-3H3. The predicted octanol–water partition coefficient (Wildman–Crippen LogP) is 4.22. The van der Waals surface area contributed by atoms with Gasteiger partial charge in [-0.25, -0.2) is 4.79 Å². The number of carbonyl (C=O) groups excluding carboxylic acids is 1. The molecule has 1 N–H and O–H groups in total. The summed E-state index contributed by atoms with van der Waals surface area (Å²) in [5, 5.41) is 3.21. The Bertz CT molecular complexity index is 629. The highest BCUT2D eigenvalue weighted by molar-refractivity contribution is 9.10. The van der Waals surface area contributed by atoms with Crippen molar-refractivity contribution < 1.29 is 22.7 Å². The molecule has 2 rings (SSSR count). The zero-order chi connectivity index (χ0) is 18.8. The first kappa shape index (κ1) is 20.0. The number of hydrogen-bond acceptors (Lipinski definition) is 3. The number of benzene rings is 1. The largest absolute Gasteiger partial charge is 0.444 e. The Hall–Kier alpha value is -1.28. The van der Waals surface area contributed by atoms with Crippen LogP contribution in [0.1, 0.15) is 31.9 Å². The number of halogens is 4. The first-order chi connectivity index (χ1) is 11.5. The van der Waals surface area contributed by atoms with Crippen molar-refractivity contribution in [2.24, 2.45) is 0 Å². The van der Waals surface area contributed by atoms with E-state index < -0.39 is 23.4 Å². The van der Waals surface area contributed by atoms with Gasteiger partial charge in [0.05, 0.1) is 11.6 Å². The molecule has 1 fully saturated rings. The maximum Gasteiger partial charge on any atom is 0.416 e. The van der Waals surface area contributed by atoms with Crippen molar-refractivity contribution in [2.75, 3.05) is 19.6 Å². The Morgan fingerprint density at radius 2 is 2.04 bits per heavy atom. The molecule has 0 aliphatic carbocycles. The molecule has 0 bridgehead atoms.